The van der Waals surface area contributed by atoms with E-state index in [0.29, 0.717) is 6.61 Å². The van der Waals surface area contributed by atoms with Crippen LogP contribution in [-0.2, 0) is 6.61 Å². The van der Waals surface area contributed by atoms with E-state index in [1.807, 2.05) is 38.1 Å². The van der Waals surface area contributed by atoms with Gasteiger partial charge in [-0.3, -0.25) is 0 Å². The molecule has 0 spiro atoms. The highest BCUT2D eigenvalue weighted by Gasteiger charge is 2.04. The van der Waals surface area contributed by atoms with Crippen molar-refractivity contribution in [2.45, 2.75) is 26.5 Å². The van der Waals surface area contributed by atoms with Gasteiger partial charge in [0.2, 0.25) is 0 Å². The number of aryl methyl sites for hydroxylation is 1. The minimum atomic E-state index is 0.0323. The number of rotatable bonds is 4. The Bertz CT molecular complexity index is 547. The smallest absolute Gasteiger partial charge is 0.122 e. The van der Waals surface area contributed by atoms with Crippen LogP contribution in [0.25, 0.3) is 0 Å². The average molecular weight is 257 g/mol. The van der Waals surface area contributed by atoms with Gasteiger partial charge in [0, 0.05) is 6.04 Å². The maximum absolute atomic E-state index is 9.22. The van der Waals surface area contributed by atoms with E-state index in [0.717, 1.165) is 22.4 Å². The van der Waals surface area contributed by atoms with E-state index in [1.54, 1.807) is 12.1 Å². The topological polar surface area (TPSA) is 55.5 Å². The van der Waals surface area contributed by atoms with Crippen LogP contribution in [0.1, 0.15) is 29.7 Å². The van der Waals surface area contributed by atoms with E-state index in [4.69, 9.17) is 10.5 Å². The molecule has 2 aromatic carbocycles. The Morgan fingerprint density at radius 2 is 1.84 bits per heavy atom. The first-order valence-electron chi connectivity index (χ1n) is 6.33. The summed E-state index contributed by atoms with van der Waals surface area (Å²) in [5, 5.41) is 9.22. The van der Waals surface area contributed by atoms with E-state index in [9.17, 15) is 5.11 Å². The van der Waals surface area contributed by atoms with E-state index in [1.165, 1.54) is 0 Å². The lowest BCUT2D eigenvalue weighted by Crippen LogP contribution is -2.05. The Morgan fingerprint density at radius 3 is 2.42 bits per heavy atom. The minimum Gasteiger partial charge on any atom is -0.508 e. The third-order valence-corrected chi connectivity index (χ3v) is 3.06. The summed E-state index contributed by atoms with van der Waals surface area (Å²) in [6.45, 7) is 4.46. The first kappa shape index (κ1) is 13.4. The first-order valence-corrected chi connectivity index (χ1v) is 6.33. The highest BCUT2D eigenvalue weighted by molar-refractivity contribution is 5.37. The summed E-state index contributed by atoms with van der Waals surface area (Å²) in [4.78, 5) is 0. The second-order valence-electron chi connectivity index (χ2n) is 4.77. The van der Waals surface area contributed by atoms with Crippen LogP contribution in [0.3, 0.4) is 0 Å². The lowest BCUT2D eigenvalue weighted by molar-refractivity contribution is 0.304. The number of hydrogen-bond donors (Lipinski definition) is 2. The molecule has 2 aromatic rings. The lowest BCUT2D eigenvalue weighted by Gasteiger charge is -2.12. The molecule has 0 radical (unpaired) electrons. The van der Waals surface area contributed by atoms with Crippen LogP contribution >= 0.6 is 0 Å². The largest absolute Gasteiger partial charge is 0.508 e. The third-order valence-electron chi connectivity index (χ3n) is 3.06. The summed E-state index contributed by atoms with van der Waals surface area (Å²) >= 11 is 0. The fourth-order valence-electron chi connectivity index (χ4n) is 1.87. The molecule has 100 valence electrons. The SMILES string of the molecule is Cc1cc([C@@H](C)N)ccc1OCc1ccc(O)cc1. The summed E-state index contributed by atoms with van der Waals surface area (Å²) in [6, 6.07) is 13.0. The van der Waals surface area contributed by atoms with Crippen molar-refractivity contribution in [2.75, 3.05) is 0 Å². The molecule has 0 saturated heterocycles. The molecule has 3 N–H and O–H groups in total. The van der Waals surface area contributed by atoms with Crippen LogP contribution in [0.15, 0.2) is 42.5 Å². The van der Waals surface area contributed by atoms with Gasteiger partial charge in [-0.05, 0) is 48.7 Å². The van der Waals surface area contributed by atoms with Crippen LogP contribution < -0.4 is 10.5 Å². The first-order chi connectivity index (χ1) is 9.06. The van der Waals surface area contributed by atoms with Crippen molar-refractivity contribution in [3.8, 4) is 11.5 Å². The van der Waals surface area contributed by atoms with Gasteiger partial charge in [0.25, 0.3) is 0 Å². The van der Waals surface area contributed by atoms with Gasteiger partial charge in [-0.1, -0.05) is 24.3 Å². The fraction of sp³-hybridized carbons (Fsp3) is 0.250. The van der Waals surface area contributed by atoms with Gasteiger partial charge >= 0.3 is 0 Å². The number of phenols is 1. The highest BCUT2D eigenvalue weighted by atomic mass is 16.5. The highest BCUT2D eigenvalue weighted by Crippen LogP contribution is 2.23. The molecule has 0 aliphatic rings. The third kappa shape index (κ3) is 3.48. The molecule has 0 aliphatic carbocycles. The van der Waals surface area contributed by atoms with E-state index >= 15 is 0 Å². The van der Waals surface area contributed by atoms with Gasteiger partial charge in [0.05, 0.1) is 0 Å². The van der Waals surface area contributed by atoms with E-state index in [-0.39, 0.29) is 11.8 Å². The number of benzene rings is 2. The van der Waals surface area contributed by atoms with Crippen molar-refractivity contribution < 1.29 is 9.84 Å². The van der Waals surface area contributed by atoms with Gasteiger partial charge in [-0.2, -0.15) is 0 Å². The number of nitrogens with two attached hydrogens (primary N) is 1. The maximum Gasteiger partial charge on any atom is 0.122 e. The number of aromatic hydroxyl groups is 1. The van der Waals surface area contributed by atoms with E-state index < -0.39 is 0 Å². The minimum absolute atomic E-state index is 0.0323. The molecule has 0 saturated carbocycles. The second-order valence-corrected chi connectivity index (χ2v) is 4.77. The van der Waals surface area contributed by atoms with Crippen molar-refractivity contribution in [2.24, 2.45) is 5.73 Å². The predicted molar refractivity (Wildman–Crippen MR) is 76.2 cm³/mol. The van der Waals surface area contributed by atoms with Gasteiger partial charge in [0.1, 0.15) is 18.1 Å². The molecule has 3 heteroatoms. The van der Waals surface area contributed by atoms with E-state index in [2.05, 4.69) is 6.07 Å². The molecule has 0 aliphatic heterocycles. The Labute approximate surface area is 113 Å². The molecule has 1 atom stereocenters. The molecule has 0 amide bonds. The summed E-state index contributed by atoms with van der Waals surface area (Å²) in [5.74, 6) is 1.12. The predicted octanol–water partition coefficient (Wildman–Crippen LogP) is 3.30. The van der Waals surface area contributed by atoms with Crippen molar-refractivity contribution in [3.63, 3.8) is 0 Å². The van der Waals surface area contributed by atoms with Crippen molar-refractivity contribution in [1.82, 2.24) is 0 Å². The molecule has 0 unspecified atom stereocenters. The van der Waals surface area contributed by atoms with Crippen molar-refractivity contribution in [1.29, 1.82) is 0 Å². The fourth-order valence-corrected chi connectivity index (χ4v) is 1.87. The Hall–Kier alpha value is -2.00. The Balaban J connectivity index is 2.05. The number of hydrogen-bond acceptors (Lipinski definition) is 3. The molecule has 2 rings (SSSR count). The summed E-state index contributed by atoms with van der Waals surface area (Å²) in [6.07, 6.45) is 0. The molecular weight excluding hydrogens is 238 g/mol. The number of phenolic OH excluding ortho intramolecular Hbond substituents is 1. The van der Waals surface area contributed by atoms with Crippen LogP contribution in [0.5, 0.6) is 11.5 Å². The Morgan fingerprint density at radius 1 is 1.16 bits per heavy atom. The van der Waals surface area contributed by atoms with Crippen molar-refractivity contribution in [3.05, 3.63) is 59.2 Å². The summed E-state index contributed by atoms with van der Waals surface area (Å²) in [5.41, 5.74) is 9.05. The molecule has 0 heterocycles. The zero-order chi connectivity index (χ0) is 13.8. The van der Waals surface area contributed by atoms with Gasteiger partial charge in [-0.15, -0.1) is 0 Å². The normalized spacial score (nSPS) is 12.2. The van der Waals surface area contributed by atoms with Crippen LogP contribution in [-0.4, -0.2) is 5.11 Å². The summed E-state index contributed by atoms with van der Waals surface area (Å²) < 4.78 is 5.77. The maximum atomic E-state index is 9.22. The lowest BCUT2D eigenvalue weighted by atomic mass is 10.1. The van der Waals surface area contributed by atoms with Crippen LogP contribution in [0.2, 0.25) is 0 Å². The molecule has 3 nitrogen and oxygen atoms in total. The second kappa shape index (κ2) is 5.76. The molecular formula is C16H19NO2. The monoisotopic (exact) mass is 257 g/mol. The van der Waals surface area contributed by atoms with Gasteiger partial charge in [0.15, 0.2) is 0 Å². The molecule has 0 fully saturated rings. The molecule has 0 aromatic heterocycles. The van der Waals surface area contributed by atoms with Gasteiger partial charge < -0.3 is 15.6 Å². The molecule has 19 heavy (non-hydrogen) atoms. The number of ether oxygens (including phenoxy) is 1. The molecule has 0 bridgehead atoms. The quantitative estimate of drug-likeness (QED) is 0.883. The van der Waals surface area contributed by atoms with Crippen molar-refractivity contribution >= 4 is 0 Å². The zero-order valence-electron chi connectivity index (χ0n) is 11.3. The van der Waals surface area contributed by atoms with Gasteiger partial charge in [-0.25, -0.2) is 0 Å². The summed E-state index contributed by atoms with van der Waals surface area (Å²) in [7, 11) is 0. The average Bonchev–Trinajstić information content (AvgIpc) is 2.39. The van der Waals surface area contributed by atoms with Crippen LogP contribution in [0.4, 0.5) is 0 Å². The Kier molecular flexibility index (Phi) is 4.07. The standard InChI is InChI=1S/C16H19NO2/c1-11-9-14(12(2)17)5-8-16(11)19-10-13-3-6-15(18)7-4-13/h3-9,12,18H,10,17H2,1-2H3/t12-/m1/s1. The zero-order valence-corrected chi connectivity index (χ0v) is 11.3. The van der Waals surface area contributed by atoms with Crippen LogP contribution in [0, 0.1) is 6.92 Å².